The first-order valence-corrected chi connectivity index (χ1v) is 7.30. The Balaban J connectivity index is 1.62. The first-order valence-electron chi connectivity index (χ1n) is 7.30. The van der Waals surface area contributed by atoms with Crippen LogP contribution in [0.15, 0.2) is 29.4 Å². The lowest BCUT2D eigenvalue weighted by atomic mass is 10.1. The van der Waals surface area contributed by atoms with E-state index in [-0.39, 0.29) is 0 Å². The second-order valence-electron chi connectivity index (χ2n) is 5.48. The third-order valence-corrected chi connectivity index (χ3v) is 3.82. The van der Waals surface area contributed by atoms with E-state index in [9.17, 15) is 0 Å². The highest BCUT2D eigenvalue weighted by Crippen LogP contribution is 2.22. The van der Waals surface area contributed by atoms with Crippen LogP contribution in [0.5, 0.6) is 0 Å². The molecule has 1 fully saturated rings. The number of H-pyrrole nitrogens is 1. The summed E-state index contributed by atoms with van der Waals surface area (Å²) in [5, 5.41) is 8.15. The summed E-state index contributed by atoms with van der Waals surface area (Å²) in [6.45, 7) is 3.06. The van der Waals surface area contributed by atoms with E-state index in [4.69, 9.17) is 0 Å². The summed E-state index contributed by atoms with van der Waals surface area (Å²) in [6, 6.07) is 7.03. The Labute approximate surface area is 119 Å². The molecule has 1 aromatic carbocycles. The predicted molar refractivity (Wildman–Crippen MR) is 84.3 cm³/mol. The number of nitrogens with one attached hydrogen (secondary N) is 3. The lowest BCUT2D eigenvalue weighted by molar-refractivity contribution is 0.793. The van der Waals surface area contributed by atoms with Gasteiger partial charge in [0.15, 0.2) is 5.96 Å². The highest BCUT2D eigenvalue weighted by Gasteiger charge is 2.21. The second kappa shape index (κ2) is 5.57. The number of hydrogen-bond acceptors (Lipinski definition) is 1. The molecule has 0 spiro atoms. The summed E-state index contributed by atoms with van der Waals surface area (Å²) in [4.78, 5) is 7.60. The molecule has 1 aliphatic rings. The fourth-order valence-electron chi connectivity index (χ4n) is 2.58. The number of aromatic nitrogens is 1. The first kappa shape index (κ1) is 13.0. The summed E-state index contributed by atoms with van der Waals surface area (Å²) in [7, 11) is 1.83. The number of hydrogen-bond donors (Lipinski definition) is 3. The van der Waals surface area contributed by atoms with Gasteiger partial charge in [-0.15, -0.1) is 0 Å². The van der Waals surface area contributed by atoms with Crippen molar-refractivity contribution in [2.75, 3.05) is 13.6 Å². The van der Waals surface area contributed by atoms with Crippen LogP contribution in [0.1, 0.15) is 24.0 Å². The van der Waals surface area contributed by atoms with E-state index in [1.54, 1.807) is 0 Å². The Morgan fingerprint density at radius 1 is 1.40 bits per heavy atom. The predicted octanol–water partition coefficient (Wildman–Crippen LogP) is 2.35. The quantitative estimate of drug-likeness (QED) is 0.590. The Morgan fingerprint density at radius 3 is 3.00 bits per heavy atom. The maximum absolute atomic E-state index is 4.25. The molecule has 1 aromatic heterocycles. The molecule has 4 nitrogen and oxygen atoms in total. The topological polar surface area (TPSA) is 52.2 Å². The molecule has 3 rings (SSSR count). The number of benzene rings is 1. The molecular formula is C16H22N4. The minimum Gasteiger partial charge on any atom is -0.361 e. The van der Waals surface area contributed by atoms with Crippen LogP contribution in [-0.4, -0.2) is 30.6 Å². The first-order chi connectivity index (χ1) is 9.78. The third kappa shape index (κ3) is 2.79. The summed E-state index contributed by atoms with van der Waals surface area (Å²) >= 11 is 0. The highest BCUT2D eigenvalue weighted by molar-refractivity contribution is 5.86. The molecule has 0 amide bonds. The molecule has 20 heavy (non-hydrogen) atoms. The van der Waals surface area contributed by atoms with Gasteiger partial charge in [-0.25, -0.2) is 0 Å². The zero-order valence-electron chi connectivity index (χ0n) is 12.2. The van der Waals surface area contributed by atoms with Crippen molar-refractivity contribution in [1.29, 1.82) is 0 Å². The average Bonchev–Trinajstić information content (AvgIpc) is 3.17. The average molecular weight is 270 g/mol. The monoisotopic (exact) mass is 270 g/mol. The standard InChI is InChI=1S/C16H22N4/c1-11-4-3-5-14-15(11)12(10-19-14)8-9-18-16(17-2)20-13-6-7-13/h3-5,10,13,19H,6-9H2,1-2H3,(H2,17,18,20). The zero-order chi connectivity index (χ0) is 13.9. The maximum Gasteiger partial charge on any atom is 0.191 e. The Kier molecular flexibility index (Phi) is 3.63. The Bertz CT molecular complexity index is 622. The van der Waals surface area contributed by atoms with Gasteiger partial charge in [-0.1, -0.05) is 12.1 Å². The van der Waals surface area contributed by atoms with Gasteiger partial charge in [0.05, 0.1) is 0 Å². The Morgan fingerprint density at radius 2 is 2.25 bits per heavy atom. The molecule has 0 saturated heterocycles. The largest absolute Gasteiger partial charge is 0.361 e. The third-order valence-electron chi connectivity index (χ3n) is 3.82. The van der Waals surface area contributed by atoms with Crippen LogP contribution in [0, 0.1) is 6.92 Å². The number of aliphatic imine (C=N–C) groups is 1. The number of fused-ring (bicyclic) bond motifs is 1. The smallest absolute Gasteiger partial charge is 0.191 e. The molecule has 1 heterocycles. The van der Waals surface area contributed by atoms with Crippen molar-refractivity contribution in [3.05, 3.63) is 35.5 Å². The van der Waals surface area contributed by atoms with Crippen molar-refractivity contribution in [3.63, 3.8) is 0 Å². The summed E-state index contributed by atoms with van der Waals surface area (Å²) in [5.74, 6) is 0.920. The highest BCUT2D eigenvalue weighted by atomic mass is 15.2. The molecule has 0 atom stereocenters. The SMILES string of the molecule is CN=C(NCCc1c[nH]c2cccc(C)c12)NC1CC1. The van der Waals surface area contributed by atoms with Gasteiger partial charge in [-0.05, 0) is 43.4 Å². The molecule has 2 aromatic rings. The molecule has 0 radical (unpaired) electrons. The molecule has 0 aliphatic heterocycles. The van der Waals surface area contributed by atoms with Gasteiger partial charge in [0.2, 0.25) is 0 Å². The van der Waals surface area contributed by atoms with E-state index >= 15 is 0 Å². The van der Waals surface area contributed by atoms with E-state index in [1.165, 1.54) is 34.9 Å². The van der Waals surface area contributed by atoms with Gasteiger partial charge in [-0.3, -0.25) is 4.99 Å². The van der Waals surface area contributed by atoms with Gasteiger partial charge >= 0.3 is 0 Å². The second-order valence-corrected chi connectivity index (χ2v) is 5.48. The number of nitrogens with zero attached hydrogens (tertiary/aromatic N) is 1. The minimum atomic E-state index is 0.636. The molecule has 0 unspecified atom stereocenters. The van der Waals surface area contributed by atoms with Crippen LogP contribution < -0.4 is 10.6 Å². The molecule has 0 bridgehead atoms. The van der Waals surface area contributed by atoms with Crippen molar-refractivity contribution in [2.45, 2.75) is 32.2 Å². The maximum atomic E-state index is 4.25. The lowest BCUT2D eigenvalue weighted by Crippen LogP contribution is -2.39. The van der Waals surface area contributed by atoms with Gasteiger partial charge in [0.25, 0.3) is 0 Å². The van der Waals surface area contributed by atoms with E-state index in [1.807, 2.05) is 7.05 Å². The molecule has 4 heteroatoms. The fraction of sp³-hybridized carbons (Fsp3) is 0.438. The van der Waals surface area contributed by atoms with E-state index in [2.05, 4.69) is 51.9 Å². The molecule has 106 valence electrons. The summed E-state index contributed by atoms with van der Waals surface area (Å²) in [6.07, 6.45) is 5.65. The normalized spacial score (nSPS) is 15.6. The molecule has 1 aliphatic carbocycles. The number of guanidine groups is 1. The van der Waals surface area contributed by atoms with Crippen molar-refractivity contribution in [3.8, 4) is 0 Å². The van der Waals surface area contributed by atoms with E-state index < -0.39 is 0 Å². The summed E-state index contributed by atoms with van der Waals surface area (Å²) in [5.41, 5.74) is 3.92. The minimum absolute atomic E-state index is 0.636. The van der Waals surface area contributed by atoms with Crippen LogP contribution in [0.4, 0.5) is 0 Å². The fourth-order valence-corrected chi connectivity index (χ4v) is 2.58. The van der Waals surface area contributed by atoms with Crippen molar-refractivity contribution in [2.24, 2.45) is 4.99 Å². The molecule has 3 N–H and O–H groups in total. The molecule has 1 saturated carbocycles. The number of rotatable bonds is 4. The van der Waals surface area contributed by atoms with E-state index in [0.717, 1.165) is 18.9 Å². The van der Waals surface area contributed by atoms with Crippen LogP contribution >= 0.6 is 0 Å². The van der Waals surface area contributed by atoms with Gasteiger partial charge in [0.1, 0.15) is 0 Å². The van der Waals surface area contributed by atoms with Crippen molar-refractivity contribution < 1.29 is 0 Å². The van der Waals surface area contributed by atoms with Gasteiger partial charge in [-0.2, -0.15) is 0 Å². The number of aromatic amines is 1. The zero-order valence-corrected chi connectivity index (χ0v) is 12.2. The van der Waals surface area contributed by atoms with Crippen LogP contribution in [0.25, 0.3) is 10.9 Å². The van der Waals surface area contributed by atoms with Gasteiger partial charge in [0, 0.05) is 36.7 Å². The van der Waals surface area contributed by atoms with Crippen molar-refractivity contribution in [1.82, 2.24) is 15.6 Å². The molecular weight excluding hydrogens is 248 g/mol. The lowest BCUT2D eigenvalue weighted by Gasteiger charge is -2.10. The van der Waals surface area contributed by atoms with E-state index in [0.29, 0.717) is 6.04 Å². The summed E-state index contributed by atoms with van der Waals surface area (Å²) < 4.78 is 0. The number of aryl methyl sites for hydroxylation is 1. The van der Waals surface area contributed by atoms with Crippen LogP contribution in [-0.2, 0) is 6.42 Å². The van der Waals surface area contributed by atoms with Crippen molar-refractivity contribution >= 4 is 16.9 Å². The van der Waals surface area contributed by atoms with Gasteiger partial charge < -0.3 is 15.6 Å². The Hall–Kier alpha value is -1.97. The van der Waals surface area contributed by atoms with Crippen LogP contribution in [0.3, 0.4) is 0 Å². The van der Waals surface area contributed by atoms with Crippen LogP contribution in [0.2, 0.25) is 0 Å².